The summed E-state index contributed by atoms with van der Waals surface area (Å²) in [4.78, 5) is 10.8. The van der Waals surface area contributed by atoms with E-state index in [-0.39, 0.29) is 17.3 Å². The Morgan fingerprint density at radius 3 is 2.60 bits per heavy atom. The van der Waals surface area contributed by atoms with Crippen molar-refractivity contribution in [3.63, 3.8) is 0 Å². The number of rotatable bonds is 4. The molecule has 1 rings (SSSR count). The van der Waals surface area contributed by atoms with Crippen LogP contribution in [0.2, 0.25) is 0 Å². The second-order valence-corrected chi connectivity index (χ2v) is 6.21. The largest absolute Gasteiger partial charge is 0.481 e. The SMILES string of the molecule is O=C(O)CCc1cc(Br)c(S(=O)(=O)F)s1. The van der Waals surface area contributed by atoms with Crippen molar-refractivity contribution in [2.24, 2.45) is 0 Å². The summed E-state index contributed by atoms with van der Waals surface area (Å²) in [7, 11) is -4.73. The zero-order valence-corrected chi connectivity index (χ0v) is 10.5. The summed E-state index contributed by atoms with van der Waals surface area (Å²) in [5.41, 5.74) is 0. The Morgan fingerprint density at radius 1 is 1.60 bits per heavy atom. The summed E-state index contributed by atoms with van der Waals surface area (Å²) >= 11 is 3.64. The van der Waals surface area contributed by atoms with Crippen molar-refractivity contribution in [3.8, 4) is 0 Å². The van der Waals surface area contributed by atoms with Crippen LogP contribution < -0.4 is 0 Å². The highest BCUT2D eigenvalue weighted by molar-refractivity contribution is 9.10. The minimum atomic E-state index is -4.73. The van der Waals surface area contributed by atoms with Gasteiger partial charge in [-0.3, -0.25) is 4.79 Å². The summed E-state index contributed by atoms with van der Waals surface area (Å²) < 4.78 is 33.6. The molecule has 0 bridgehead atoms. The molecular formula is C7H6BrFO4S2. The van der Waals surface area contributed by atoms with E-state index in [0.29, 0.717) is 4.88 Å². The fraction of sp³-hybridized carbons (Fsp3) is 0.286. The van der Waals surface area contributed by atoms with Crippen molar-refractivity contribution in [3.05, 3.63) is 15.4 Å². The molecule has 1 heterocycles. The van der Waals surface area contributed by atoms with Gasteiger partial charge in [-0.2, -0.15) is 8.42 Å². The molecule has 0 fully saturated rings. The topological polar surface area (TPSA) is 71.4 Å². The molecule has 8 heteroatoms. The van der Waals surface area contributed by atoms with Crippen LogP contribution in [0.15, 0.2) is 14.7 Å². The van der Waals surface area contributed by atoms with Gasteiger partial charge in [-0.1, -0.05) is 3.89 Å². The summed E-state index contributed by atoms with van der Waals surface area (Å²) in [6.07, 6.45) is 0.0762. The molecule has 1 aromatic heterocycles. The Bertz CT molecular complexity index is 479. The summed E-state index contributed by atoms with van der Waals surface area (Å²) in [5, 5.41) is 8.41. The molecule has 0 aliphatic carbocycles. The van der Waals surface area contributed by atoms with Gasteiger partial charge in [0.2, 0.25) is 0 Å². The minimum Gasteiger partial charge on any atom is -0.481 e. The van der Waals surface area contributed by atoms with Crippen molar-refractivity contribution in [1.82, 2.24) is 0 Å². The molecule has 0 atom stereocenters. The molecule has 0 spiro atoms. The predicted molar refractivity (Wildman–Crippen MR) is 56.3 cm³/mol. The molecule has 0 aromatic carbocycles. The van der Waals surface area contributed by atoms with Gasteiger partial charge in [-0.05, 0) is 28.4 Å². The molecule has 0 unspecified atom stereocenters. The monoisotopic (exact) mass is 316 g/mol. The average molecular weight is 317 g/mol. The minimum absolute atomic E-state index is 0.112. The lowest BCUT2D eigenvalue weighted by Gasteiger charge is -1.90. The van der Waals surface area contributed by atoms with Gasteiger partial charge in [0, 0.05) is 4.88 Å². The van der Waals surface area contributed by atoms with Crippen LogP contribution in [0.1, 0.15) is 11.3 Å². The number of hydrogen-bond donors (Lipinski definition) is 1. The molecule has 0 radical (unpaired) electrons. The maximum atomic E-state index is 12.6. The number of carboxylic acid groups (broad SMARTS) is 1. The highest BCUT2D eigenvalue weighted by atomic mass is 79.9. The molecule has 0 amide bonds. The smallest absolute Gasteiger partial charge is 0.342 e. The van der Waals surface area contributed by atoms with Crippen molar-refractivity contribution < 1.29 is 22.2 Å². The molecule has 0 saturated carbocycles. The lowest BCUT2D eigenvalue weighted by atomic mass is 10.3. The second-order valence-electron chi connectivity index (χ2n) is 2.68. The van der Waals surface area contributed by atoms with Crippen molar-refractivity contribution >= 4 is 43.5 Å². The van der Waals surface area contributed by atoms with Gasteiger partial charge < -0.3 is 5.11 Å². The molecule has 15 heavy (non-hydrogen) atoms. The highest BCUT2D eigenvalue weighted by Gasteiger charge is 2.20. The maximum absolute atomic E-state index is 12.6. The highest BCUT2D eigenvalue weighted by Crippen LogP contribution is 2.33. The van der Waals surface area contributed by atoms with Crippen LogP contribution in [0, 0.1) is 0 Å². The van der Waals surface area contributed by atoms with Gasteiger partial charge in [-0.25, -0.2) is 0 Å². The average Bonchev–Trinajstić information content (AvgIpc) is 2.42. The van der Waals surface area contributed by atoms with Crippen molar-refractivity contribution in [1.29, 1.82) is 0 Å². The van der Waals surface area contributed by atoms with Gasteiger partial charge in [0.1, 0.15) is 0 Å². The Balaban J connectivity index is 2.92. The standard InChI is InChI=1S/C7H6BrFO4S2/c8-5-3-4(1-2-6(10)11)14-7(5)15(9,12)13/h3H,1-2H2,(H,10,11). The van der Waals surface area contributed by atoms with E-state index < -0.39 is 20.4 Å². The third kappa shape index (κ3) is 3.54. The van der Waals surface area contributed by atoms with E-state index in [9.17, 15) is 17.1 Å². The van der Waals surface area contributed by atoms with Crippen LogP contribution in [0.3, 0.4) is 0 Å². The molecule has 1 aromatic rings. The molecule has 1 N–H and O–H groups in total. The van der Waals surface area contributed by atoms with Crippen molar-refractivity contribution in [2.45, 2.75) is 17.1 Å². The number of aliphatic carboxylic acids is 1. The lowest BCUT2D eigenvalue weighted by molar-refractivity contribution is -0.136. The van der Waals surface area contributed by atoms with Crippen LogP contribution in [0.4, 0.5) is 3.89 Å². The third-order valence-electron chi connectivity index (χ3n) is 1.51. The van der Waals surface area contributed by atoms with E-state index in [4.69, 9.17) is 5.11 Å². The Hall–Kier alpha value is -0.470. The van der Waals surface area contributed by atoms with E-state index in [0.717, 1.165) is 11.3 Å². The number of aryl methyl sites for hydroxylation is 1. The number of carboxylic acids is 1. The zero-order chi connectivity index (χ0) is 11.6. The first-order chi connectivity index (χ1) is 6.80. The Kier molecular flexibility index (Phi) is 3.85. The number of thiophene rings is 1. The summed E-state index contributed by atoms with van der Waals surface area (Å²) in [6.45, 7) is 0. The molecule has 84 valence electrons. The van der Waals surface area contributed by atoms with Crippen LogP contribution in [0.25, 0.3) is 0 Å². The van der Waals surface area contributed by atoms with E-state index >= 15 is 0 Å². The van der Waals surface area contributed by atoms with Gasteiger partial charge in [0.25, 0.3) is 0 Å². The predicted octanol–water partition coefficient (Wildman–Crippen LogP) is 2.19. The first-order valence-electron chi connectivity index (χ1n) is 3.75. The van der Waals surface area contributed by atoms with Crippen molar-refractivity contribution in [2.75, 3.05) is 0 Å². The maximum Gasteiger partial charge on any atom is 0.342 e. The molecule has 0 aliphatic heterocycles. The van der Waals surface area contributed by atoms with Crippen LogP contribution in [-0.2, 0) is 21.4 Å². The Morgan fingerprint density at radius 2 is 2.20 bits per heavy atom. The van der Waals surface area contributed by atoms with Gasteiger partial charge in [0.05, 0.1) is 10.9 Å². The quantitative estimate of drug-likeness (QED) is 0.864. The van der Waals surface area contributed by atoms with Gasteiger partial charge in [-0.15, -0.1) is 11.3 Å². The normalized spacial score (nSPS) is 11.6. The summed E-state index contributed by atoms with van der Waals surface area (Å²) in [5.74, 6) is -0.982. The van der Waals surface area contributed by atoms with E-state index in [1.807, 2.05) is 0 Å². The van der Waals surface area contributed by atoms with E-state index in [1.54, 1.807) is 0 Å². The summed E-state index contributed by atoms with van der Waals surface area (Å²) in [6, 6.07) is 1.42. The van der Waals surface area contributed by atoms with E-state index in [1.165, 1.54) is 6.07 Å². The molecule has 0 aliphatic rings. The second kappa shape index (κ2) is 4.58. The van der Waals surface area contributed by atoms with Crippen LogP contribution in [-0.4, -0.2) is 19.5 Å². The first-order valence-corrected chi connectivity index (χ1v) is 6.74. The third-order valence-corrected chi connectivity index (χ3v) is 5.16. The lowest BCUT2D eigenvalue weighted by Crippen LogP contribution is -1.95. The number of carbonyl (C=O) groups is 1. The zero-order valence-electron chi connectivity index (χ0n) is 7.24. The van der Waals surface area contributed by atoms with E-state index in [2.05, 4.69) is 15.9 Å². The molecular weight excluding hydrogens is 311 g/mol. The molecule has 4 nitrogen and oxygen atoms in total. The Labute approximate surface area is 98.1 Å². The fourth-order valence-electron chi connectivity index (χ4n) is 0.917. The van der Waals surface area contributed by atoms with Gasteiger partial charge >= 0.3 is 16.2 Å². The van der Waals surface area contributed by atoms with Gasteiger partial charge in [0.15, 0.2) is 4.21 Å². The molecule has 0 saturated heterocycles. The number of halogens is 2. The first kappa shape index (κ1) is 12.6. The van der Waals surface area contributed by atoms with Crippen LogP contribution >= 0.6 is 27.3 Å². The fourth-order valence-corrected chi connectivity index (χ4v) is 3.95. The number of hydrogen-bond acceptors (Lipinski definition) is 4. The van der Waals surface area contributed by atoms with Crippen LogP contribution in [0.5, 0.6) is 0 Å².